The van der Waals surface area contributed by atoms with Crippen LogP contribution >= 0.6 is 11.3 Å². The number of anilines is 2. The van der Waals surface area contributed by atoms with E-state index in [-0.39, 0.29) is 0 Å². The summed E-state index contributed by atoms with van der Waals surface area (Å²) in [6.07, 6.45) is 1.89. The summed E-state index contributed by atoms with van der Waals surface area (Å²) in [7, 11) is 0. The minimum Gasteiger partial charge on any atom is -0.384 e. The molecular weight excluding hydrogens is 268 g/mol. The predicted molar refractivity (Wildman–Crippen MR) is 85.7 cm³/mol. The van der Waals surface area contributed by atoms with Crippen LogP contribution in [-0.2, 0) is 0 Å². The van der Waals surface area contributed by atoms with Crippen LogP contribution < -0.4 is 10.2 Å². The second kappa shape index (κ2) is 6.72. The number of piperazine rings is 1. The lowest BCUT2D eigenvalue weighted by molar-refractivity contribution is 0.267. The van der Waals surface area contributed by atoms with Crippen molar-refractivity contribution >= 4 is 22.2 Å². The van der Waals surface area contributed by atoms with Gasteiger partial charge in [0.05, 0.1) is 0 Å². The van der Waals surface area contributed by atoms with Gasteiger partial charge in [-0.15, -0.1) is 11.3 Å². The van der Waals surface area contributed by atoms with Crippen molar-refractivity contribution in [2.75, 3.05) is 49.5 Å². The molecule has 2 heterocycles. The molecule has 1 aromatic carbocycles. The van der Waals surface area contributed by atoms with Gasteiger partial charge >= 0.3 is 0 Å². The van der Waals surface area contributed by atoms with E-state index in [1.165, 1.54) is 5.69 Å². The lowest BCUT2D eigenvalue weighted by Gasteiger charge is -2.34. The summed E-state index contributed by atoms with van der Waals surface area (Å²) in [5.41, 5.74) is 1.20. The summed E-state index contributed by atoms with van der Waals surface area (Å²) in [5.74, 6) is 0. The number of nitrogens with one attached hydrogen (secondary N) is 1. The number of thiazole rings is 1. The van der Waals surface area contributed by atoms with Gasteiger partial charge < -0.3 is 10.2 Å². The Hall–Kier alpha value is -1.59. The molecule has 0 unspecified atom stereocenters. The van der Waals surface area contributed by atoms with Gasteiger partial charge in [0.2, 0.25) is 0 Å². The highest BCUT2D eigenvalue weighted by Crippen LogP contribution is 2.18. The average Bonchev–Trinajstić information content (AvgIpc) is 3.03. The van der Waals surface area contributed by atoms with Gasteiger partial charge in [-0.05, 0) is 12.1 Å². The molecule has 5 heteroatoms. The predicted octanol–water partition coefficient (Wildman–Crippen LogP) is 2.38. The summed E-state index contributed by atoms with van der Waals surface area (Å²) >= 11 is 1.73. The Morgan fingerprint density at radius 1 is 1.10 bits per heavy atom. The highest BCUT2D eigenvalue weighted by molar-refractivity contribution is 7.13. The Morgan fingerprint density at radius 3 is 2.60 bits per heavy atom. The van der Waals surface area contributed by atoms with E-state index in [4.69, 9.17) is 0 Å². The second-order valence-electron chi connectivity index (χ2n) is 4.94. The molecule has 1 saturated heterocycles. The van der Waals surface area contributed by atoms with Crippen LogP contribution in [0.1, 0.15) is 0 Å². The fourth-order valence-electron chi connectivity index (χ4n) is 2.45. The van der Waals surface area contributed by atoms with Gasteiger partial charge in [-0.1, -0.05) is 18.2 Å². The van der Waals surface area contributed by atoms with E-state index in [0.29, 0.717) is 0 Å². The molecule has 1 aliphatic rings. The van der Waals surface area contributed by atoms with Crippen molar-refractivity contribution in [2.45, 2.75) is 0 Å². The lowest BCUT2D eigenvalue weighted by Crippen LogP contribution is -2.47. The van der Waals surface area contributed by atoms with E-state index < -0.39 is 0 Å². The molecule has 3 rings (SSSR count). The maximum absolute atomic E-state index is 4.38. The highest BCUT2D eigenvalue weighted by Gasteiger charge is 2.17. The molecule has 0 amide bonds. The molecule has 1 aromatic heterocycles. The molecule has 106 valence electrons. The third kappa shape index (κ3) is 3.49. The number of aromatic nitrogens is 1. The number of para-hydroxylation sites is 1. The molecule has 0 atom stereocenters. The fraction of sp³-hybridized carbons (Fsp3) is 0.400. The number of benzene rings is 1. The smallest absolute Gasteiger partial charge is 0.185 e. The topological polar surface area (TPSA) is 31.4 Å². The van der Waals surface area contributed by atoms with Crippen LogP contribution in [0.2, 0.25) is 0 Å². The molecule has 0 aliphatic carbocycles. The maximum Gasteiger partial charge on any atom is 0.185 e. The Labute approximate surface area is 124 Å². The zero-order valence-corrected chi connectivity index (χ0v) is 12.4. The van der Waals surface area contributed by atoms with E-state index >= 15 is 0 Å². The van der Waals surface area contributed by atoms with Crippen LogP contribution in [0.5, 0.6) is 0 Å². The molecule has 4 nitrogen and oxygen atoms in total. The van der Waals surface area contributed by atoms with Gasteiger partial charge in [0.15, 0.2) is 5.13 Å². The molecule has 20 heavy (non-hydrogen) atoms. The molecule has 0 radical (unpaired) electrons. The van der Waals surface area contributed by atoms with Gasteiger partial charge in [0.1, 0.15) is 0 Å². The minimum absolute atomic E-state index is 1.00. The van der Waals surface area contributed by atoms with Crippen molar-refractivity contribution in [1.29, 1.82) is 0 Å². The van der Waals surface area contributed by atoms with Crippen molar-refractivity contribution in [3.8, 4) is 0 Å². The molecule has 0 spiro atoms. The number of hydrogen-bond acceptors (Lipinski definition) is 5. The number of rotatable bonds is 5. The standard InChI is InChI=1S/C15H20N4S/c1-2-4-14(5-3-1)16-6-8-18-9-11-19(12-10-18)15-17-7-13-20-15/h1-5,7,13,16H,6,8-12H2. The van der Waals surface area contributed by atoms with Crippen LogP contribution in [0, 0.1) is 0 Å². The SMILES string of the molecule is c1ccc(NCCN2CCN(c3nccs3)CC2)cc1. The first-order chi connectivity index (χ1) is 9.92. The minimum atomic E-state index is 1.00. The Bertz CT molecular complexity index is 492. The normalized spacial score (nSPS) is 16.3. The molecule has 0 bridgehead atoms. The molecular formula is C15H20N4S. The third-order valence-corrected chi connectivity index (χ3v) is 4.43. The maximum atomic E-state index is 4.38. The van der Waals surface area contributed by atoms with Gasteiger partial charge in [-0.2, -0.15) is 0 Å². The molecule has 1 aliphatic heterocycles. The van der Waals surface area contributed by atoms with Crippen LogP contribution in [0.3, 0.4) is 0 Å². The third-order valence-electron chi connectivity index (χ3n) is 3.59. The second-order valence-corrected chi connectivity index (χ2v) is 5.81. The first-order valence-electron chi connectivity index (χ1n) is 7.07. The summed E-state index contributed by atoms with van der Waals surface area (Å²) in [6.45, 7) is 6.51. The monoisotopic (exact) mass is 288 g/mol. The van der Waals surface area contributed by atoms with Crippen LogP contribution in [-0.4, -0.2) is 49.2 Å². The number of hydrogen-bond donors (Lipinski definition) is 1. The summed E-state index contributed by atoms with van der Waals surface area (Å²) < 4.78 is 0. The lowest BCUT2D eigenvalue weighted by atomic mass is 10.3. The highest BCUT2D eigenvalue weighted by atomic mass is 32.1. The van der Waals surface area contributed by atoms with Gasteiger partial charge in [-0.3, -0.25) is 4.90 Å². The van der Waals surface area contributed by atoms with Gasteiger partial charge in [0.25, 0.3) is 0 Å². The first kappa shape index (κ1) is 13.4. The van der Waals surface area contributed by atoms with Crippen LogP contribution in [0.25, 0.3) is 0 Å². The van der Waals surface area contributed by atoms with Crippen LogP contribution in [0.15, 0.2) is 41.9 Å². The van der Waals surface area contributed by atoms with E-state index in [9.17, 15) is 0 Å². The van der Waals surface area contributed by atoms with Crippen LogP contribution in [0.4, 0.5) is 10.8 Å². The van der Waals surface area contributed by atoms with Crippen molar-refractivity contribution < 1.29 is 0 Å². The van der Waals surface area contributed by atoms with E-state index in [1.807, 2.05) is 17.6 Å². The Morgan fingerprint density at radius 2 is 1.90 bits per heavy atom. The summed E-state index contributed by atoms with van der Waals surface area (Å²) in [5, 5.41) is 6.67. The zero-order chi connectivity index (χ0) is 13.6. The molecule has 2 aromatic rings. The molecule has 1 fully saturated rings. The molecule has 1 N–H and O–H groups in total. The first-order valence-corrected chi connectivity index (χ1v) is 7.95. The van der Waals surface area contributed by atoms with E-state index in [1.54, 1.807) is 11.3 Å². The van der Waals surface area contributed by atoms with E-state index in [2.05, 4.69) is 44.4 Å². The molecule has 0 saturated carbocycles. The van der Waals surface area contributed by atoms with Crippen molar-refractivity contribution in [3.63, 3.8) is 0 Å². The van der Waals surface area contributed by atoms with E-state index in [0.717, 1.165) is 44.4 Å². The van der Waals surface area contributed by atoms with Crippen molar-refractivity contribution in [3.05, 3.63) is 41.9 Å². The Kier molecular flexibility index (Phi) is 4.50. The summed E-state index contributed by atoms with van der Waals surface area (Å²) in [4.78, 5) is 9.28. The summed E-state index contributed by atoms with van der Waals surface area (Å²) in [6, 6.07) is 10.4. The average molecular weight is 288 g/mol. The van der Waals surface area contributed by atoms with Gasteiger partial charge in [0, 0.05) is 56.5 Å². The number of nitrogens with zero attached hydrogens (tertiary/aromatic N) is 3. The van der Waals surface area contributed by atoms with Crippen molar-refractivity contribution in [2.24, 2.45) is 0 Å². The van der Waals surface area contributed by atoms with Crippen molar-refractivity contribution in [1.82, 2.24) is 9.88 Å². The van der Waals surface area contributed by atoms with Gasteiger partial charge in [-0.25, -0.2) is 4.98 Å². The quantitative estimate of drug-likeness (QED) is 0.915. The zero-order valence-electron chi connectivity index (χ0n) is 11.5. The largest absolute Gasteiger partial charge is 0.384 e. The Balaban J connectivity index is 1.39. The fourth-order valence-corrected chi connectivity index (χ4v) is 3.15.